The molecule has 0 saturated heterocycles. The van der Waals surface area contributed by atoms with Crippen LogP contribution in [0.3, 0.4) is 0 Å². The van der Waals surface area contributed by atoms with Crippen molar-refractivity contribution in [3.63, 3.8) is 0 Å². The van der Waals surface area contributed by atoms with Gasteiger partial charge in [-0.2, -0.15) is 13.2 Å². The molecule has 0 spiro atoms. The first kappa shape index (κ1) is 13.1. The van der Waals surface area contributed by atoms with Gasteiger partial charge in [0.15, 0.2) is 0 Å². The molecular formula is C12H10BrF3N2. The van der Waals surface area contributed by atoms with Gasteiger partial charge in [0.2, 0.25) is 0 Å². The summed E-state index contributed by atoms with van der Waals surface area (Å²) in [7, 11) is 0. The van der Waals surface area contributed by atoms with Crippen molar-refractivity contribution >= 4 is 15.9 Å². The zero-order valence-corrected chi connectivity index (χ0v) is 10.8. The second-order valence-electron chi connectivity index (χ2n) is 3.78. The number of imidazole rings is 1. The lowest BCUT2D eigenvalue weighted by Crippen LogP contribution is -2.27. The minimum atomic E-state index is -4.27. The van der Waals surface area contributed by atoms with Crippen molar-refractivity contribution in [3.05, 3.63) is 42.7 Å². The monoisotopic (exact) mass is 318 g/mol. The van der Waals surface area contributed by atoms with Gasteiger partial charge in [0.1, 0.15) is 10.7 Å². The first-order chi connectivity index (χ1) is 8.48. The maximum atomic E-state index is 12.5. The Morgan fingerprint density at radius 1 is 1.22 bits per heavy atom. The van der Waals surface area contributed by atoms with Gasteiger partial charge in [0.05, 0.1) is 0 Å². The molecular weight excluding hydrogens is 309 g/mol. The molecule has 1 unspecified atom stereocenters. The van der Waals surface area contributed by atoms with E-state index in [2.05, 4.69) is 20.9 Å². The van der Waals surface area contributed by atoms with E-state index >= 15 is 0 Å². The molecule has 0 bridgehead atoms. The molecule has 2 rings (SSSR count). The van der Waals surface area contributed by atoms with Crippen LogP contribution in [0.25, 0.3) is 11.4 Å². The maximum absolute atomic E-state index is 12.5. The summed E-state index contributed by atoms with van der Waals surface area (Å²) < 4.78 is 39.0. The number of hydrogen-bond acceptors (Lipinski definition) is 1. The Labute approximate surface area is 111 Å². The Balaban J connectivity index is 2.24. The highest BCUT2D eigenvalue weighted by molar-refractivity contribution is 9.09. The Kier molecular flexibility index (Phi) is 3.75. The van der Waals surface area contributed by atoms with Gasteiger partial charge in [-0.05, 0) is 0 Å². The molecule has 1 aromatic heterocycles. The molecule has 0 fully saturated rings. The normalized spacial score (nSPS) is 13.6. The number of rotatable bonds is 3. The van der Waals surface area contributed by atoms with Gasteiger partial charge in [0, 0.05) is 24.5 Å². The van der Waals surface area contributed by atoms with E-state index < -0.39 is 11.0 Å². The van der Waals surface area contributed by atoms with Gasteiger partial charge < -0.3 is 4.57 Å². The third-order valence-corrected chi connectivity index (χ3v) is 3.27. The van der Waals surface area contributed by atoms with E-state index in [-0.39, 0.29) is 6.54 Å². The molecule has 1 atom stereocenters. The lowest BCUT2D eigenvalue weighted by molar-refractivity contribution is -0.129. The van der Waals surface area contributed by atoms with Gasteiger partial charge in [-0.1, -0.05) is 46.3 Å². The fourth-order valence-electron chi connectivity index (χ4n) is 1.58. The molecule has 18 heavy (non-hydrogen) atoms. The number of halogens is 4. The molecule has 6 heteroatoms. The van der Waals surface area contributed by atoms with Crippen LogP contribution >= 0.6 is 15.9 Å². The Bertz CT molecular complexity index is 508. The Morgan fingerprint density at radius 3 is 2.50 bits per heavy atom. The summed E-state index contributed by atoms with van der Waals surface area (Å²) in [6, 6.07) is 9.12. The number of nitrogens with zero attached hydrogens (tertiary/aromatic N) is 2. The van der Waals surface area contributed by atoms with Crippen LogP contribution in [-0.2, 0) is 6.54 Å². The van der Waals surface area contributed by atoms with Crippen LogP contribution in [0.4, 0.5) is 13.2 Å². The smallest absolute Gasteiger partial charge is 0.330 e. The topological polar surface area (TPSA) is 17.8 Å². The van der Waals surface area contributed by atoms with Crippen LogP contribution in [0.15, 0.2) is 42.7 Å². The maximum Gasteiger partial charge on any atom is 0.402 e. The molecule has 2 aromatic rings. The molecule has 0 N–H and O–H groups in total. The predicted octanol–water partition coefficient (Wildman–Crippen LogP) is 3.88. The van der Waals surface area contributed by atoms with Crippen molar-refractivity contribution in [2.45, 2.75) is 17.5 Å². The number of aromatic nitrogens is 2. The average Bonchev–Trinajstić information content (AvgIpc) is 2.77. The zero-order valence-electron chi connectivity index (χ0n) is 9.23. The lowest BCUT2D eigenvalue weighted by atomic mass is 10.2. The van der Waals surface area contributed by atoms with Crippen LogP contribution in [0.2, 0.25) is 0 Å². The lowest BCUT2D eigenvalue weighted by Gasteiger charge is -2.16. The number of hydrogen-bond donors (Lipinski definition) is 0. The van der Waals surface area contributed by atoms with E-state index in [9.17, 15) is 13.2 Å². The molecule has 96 valence electrons. The van der Waals surface area contributed by atoms with E-state index in [1.165, 1.54) is 10.8 Å². The summed E-state index contributed by atoms with van der Waals surface area (Å²) in [4.78, 5) is 2.51. The van der Waals surface area contributed by atoms with E-state index in [0.29, 0.717) is 5.82 Å². The van der Waals surface area contributed by atoms with E-state index in [1.54, 1.807) is 6.20 Å². The van der Waals surface area contributed by atoms with Crippen LogP contribution < -0.4 is 0 Å². The van der Waals surface area contributed by atoms with Crippen molar-refractivity contribution < 1.29 is 13.2 Å². The standard InChI is InChI=1S/C12H10BrF3N2/c13-10(12(14,15)16)8-18-7-6-17-11(18)9-4-2-1-3-5-9/h1-7,10H,8H2. The predicted molar refractivity (Wildman–Crippen MR) is 66.4 cm³/mol. The summed E-state index contributed by atoms with van der Waals surface area (Å²) in [6.07, 6.45) is -1.22. The highest BCUT2D eigenvalue weighted by Gasteiger charge is 2.38. The van der Waals surface area contributed by atoms with E-state index in [1.807, 2.05) is 30.3 Å². The quantitative estimate of drug-likeness (QED) is 0.785. The first-order valence-electron chi connectivity index (χ1n) is 5.26. The molecule has 0 saturated carbocycles. The fourth-order valence-corrected chi connectivity index (χ4v) is 1.89. The van der Waals surface area contributed by atoms with Crippen molar-refractivity contribution in [1.82, 2.24) is 9.55 Å². The van der Waals surface area contributed by atoms with Crippen molar-refractivity contribution in [1.29, 1.82) is 0 Å². The van der Waals surface area contributed by atoms with Crippen molar-refractivity contribution in [2.75, 3.05) is 0 Å². The van der Waals surface area contributed by atoms with Gasteiger partial charge in [-0.3, -0.25) is 0 Å². The average molecular weight is 319 g/mol. The van der Waals surface area contributed by atoms with Crippen LogP contribution in [-0.4, -0.2) is 20.6 Å². The van der Waals surface area contributed by atoms with Crippen LogP contribution in [0, 0.1) is 0 Å². The molecule has 2 nitrogen and oxygen atoms in total. The number of alkyl halides is 4. The number of benzene rings is 1. The second-order valence-corrected chi connectivity index (χ2v) is 4.88. The first-order valence-corrected chi connectivity index (χ1v) is 6.17. The summed E-state index contributed by atoms with van der Waals surface area (Å²) in [5.74, 6) is 0.532. The van der Waals surface area contributed by atoms with E-state index in [0.717, 1.165) is 5.56 Å². The Morgan fingerprint density at radius 2 is 1.89 bits per heavy atom. The minimum absolute atomic E-state index is 0.201. The molecule has 0 aliphatic carbocycles. The van der Waals surface area contributed by atoms with Crippen LogP contribution in [0.5, 0.6) is 0 Å². The molecule has 0 radical (unpaired) electrons. The van der Waals surface area contributed by atoms with E-state index in [4.69, 9.17) is 0 Å². The molecule has 1 heterocycles. The van der Waals surface area contributed by atoms with Crippen LogP contribution in [0.1, 0.15) is 0 Å². The SMILES string of the molecule is FC(F)(F)C(Br)Cn1ccnc1-c1ccccc1. The summed E-state index contributed by atoms with van der Waals surface area (Å²) >= 11 is 2.65. The van der Waals surface area contributed by atoms with Gasteiger partial charge in [-0.25, -0.2) is 4.98 Å². The highest BCUT2D eigenvalue weighted by Crippen LogP contribution is 2.29. The zero-order chi connectivity index (χ0) is 13.2. The van der Waals surface area contributed by atoms with Crippen molar-refractivity contribution in [3.8, 4) is 11.4 Å². The van der Waals surface area contributed by atoms with Gasteiger partial charge in [-0.15, -0.1) is 0 Å². The fraction of sp³-hybridized carbons (Fsp3) is 0.250. The van der Waals surface area contributed by atoms with Gasteiger partial charge in [0.25, 0.3) is 0 Å². The molecule has 0 amide bonds. The van der Waals surface area contributed by atoms with Crippen molar-refractivity contribution in [2.24, 2.45) is 0 Å². The molecule has 0 aliphatic rings. The third-order valence-electron chi connectivity index (χ3n) is 2.46. The summed E-state index contributed by atoms with van der Waals surface area (Å²) in [5, 5.41) is 0. The van der Waals surface area contributed by atoms with Gasteiger partial charge >= 0.3 is 6.18 Å². The second kappa shape index (κ2) is 5.14. The summed E-state index contributed by atoms with van der Waals surface area (Å²) in [5.41, 5.74) is 0.796. The largest absolute Gasteiger partial charge is 0.402 e. The Hall–Kier alpha value is -1.30. The molecule has 0 aliphatic heterocycles. The third kappa shape index (κ3) is 2.93. The molecule has 1 aromatic carbocycles. The minimum Gasteiger partial charge on any atom is -0.330 e. The summed E-state index contributed by atoms with van der Waals surface area (Å²) in [6.45, 7) is -0.201. The highest BCUT2D eigenvalue weighted by atomic mass is 79.9.